The van der Waals surface area contributed by atoms with Crippen molar-refractivity contribution in [3.63, 3.8) is 0 Å². The molecule has 2 aromatic rings. The predicted octanol–water partition coefficient (Wildman–Crippen LogP) is 1.86. The maximum atomic E-state index is 14.6. The van der Waals surface area contributed by atoms with Crippen LogP contribution in [-0.4, -0.2) is 46.3 Å². The van der Waals surface area contributed by atoms with Gasteiger partial charge in [0, 0.05) is 15.6 Å². The first-order valence-electron chi connectivity index (χ1n) is 7.88. The summed E-state index contributed by atoms with van der Waals surface area (Å²) < 4.78 is 24.5. The Labute approximate surface area is 170 Å². The maximum Gasteiger partial charge on any atom is 0.344 e. The normalized spacial score (nSPS) is 10.4. The van der Waals surface area contributed by atoms with Crippen LogP contribution in [0.4, 0.5) is 10.2 Å². The lowest BCUT2D eigenvalue weighted by atomic mass is 9.94. The van der Waals surface area contributed by atoms with E-state index < -0.39 is 69.7 Å². The molecule has 0 radical (unpaired) electrons. The van der Waals surface area contributed by atoms with Crippen molar-refractivity contribution in [3.8, 4) is 16.9 Å². The lowest BCUT2D eigenvalue weighted by Gasteiger charge is -2.17. The van der Waals surface area contributed by atoms with Crippen molar-refractivity contribution in [2.24, 2.45) is 0 Å². The summed E-state index contributed by atoms with van der Waals surface area (Å²) in [7, 11) is 0. The van der Waals surface area contributed by atoms with E-state index in [2.05, 4.69) is 20.7 Å². The quantitative estimate of drug-likeness (QED) is 0.439. The largest absolute Gasteiger partial charge is 0.478 e. The van der Waals surface area contributed by atoms with E-state index in [9.17, 15) is 33.8 Å². The number of carbonyl (C=O) groups excluding carboxylic acids is 1. The van der Waals surface area contributed by atoms with Crippen LogP contribution in [0.25, 0.3) is 11.1 Å². The van der Waals surface area contributed by atoms with Gasteiger partial charge in [0.25, 0.3) is 5.56 Å². The second kappa shape index (κ2) is 8.73. The number of hydrogen-bond donors (Lipinski definition) is 4. The summed E-state index contributed by atoms with van der Waals surface area (Å²) in [5.74, 6) is -6.64. The van der Waals surface area contributed by atoms with E-state index in [1.807, 2.05) is 4.98 Å². The molecule has 0 amide bonds. The summed E-state index contributed by atoms with van der Waals surface area (Å²) >= 11 is 3.01. The van der Waals surface area contributed by atoms with Crippen molar-refractivity contribution < 1.29 is 38.5 Å². The fourth-order valence-corrected chi connectivity index (χ4v) is 2.97. The minimum atomic E-state index is -1.78. The molecule has 29 heavy (non-hydrogen) atoms. The number of carbonyl (C=O) groups is 3. The maximum absolute atomic E-state index is 14.6. The number of anilines is 1. The minimum absolute atomic E-state index is 0.0365. The Kier molecular flexibility index (Phi) is 6.59. The van der Waals surface area contributed by atoms with Gasteiger partial charge in [0.15, 0.2) is 18.2 Å². The van der Waals surface area contributed by atoms with Gasteiger partial charge in [0.2, 0.25) is 0 Å². The molecule has 2 rings (SSSR count). The number of carboxylic acid groups (broad SMARTS) is 2. The number of aromatic nitrogens is 1. The predicted molar refractivity (Wildman–Crippen MR) is 101 cm³/mol. The van der Waals surface area contributed by atoms with Gasteiger partial charge in [0.05, 0.1) is 6.61 Å². The van der Waals surface area contributed by atoms with Gasteiger partial charge >= 0.3 is 17.9 Å². The van der Waals surface area contributed by atoms with Gasteiger partial charge in [-0.05, 0) is 19.1 Å². The molecule has 10 nitrogen and oxygen atoms in total. The Bertz CT molecular complexity index is 1070. The molecule has 0 fully saturated rings. The Morgan fingerprint density at radius 3 is 2.38 bits per heavy atom. The van der Waals surface area contributed by atoms with Gasteiger partial charge < -0.3 is 30.4 Å². The van der Waals surface area contributed by atoms with E-state index in [0.717, 1.165) is 12.1 Å². The molecule has 0 bridgehead atoms. The first-order chi connectivity index (χ1) is 13.6. The van der Waals surface area contributed by atoms with Crippen molar-refractivity contribution in [1.29, 1.82) is 0 Å². The lowest BCUT2D eigenvalue weighted by molar-refractivity contribution is -0.145. The van der Waals surface area contributed by atoms with Crippen molar-refractivity contribution in [2.75, 3.05) is 18.9 Å². The van der Waals surface area contributed by atoms with Crippen LogP contribution in [-0.2, 0) is 9.53 Å². The fourth-order valence-electron chi connectivity index (χ4n) is 2.54. The SMILES string of the molecule is CCOC(=O)COc1c(F)cc(Br)cc1-c1c(C(=O)O)c(N)[nH]c(=O)c1C(=O)O. The number of nitrogen functional groups attached to an aromatic ring is 1. The molecule has 0 saturated carbocycles. The molecular weight excluding hydrogens is 459 g/mol. The van der Waals surface area contributed by atoms with Crippen molar-refractivity contribution in [1.82, 2.24) is 4.98 Å². The van der Waals surface area contributed by atoms with Crippen molar-refractivity contribution in [2.45, 2.75) is 6.92 Å². The third kappa shape index (κ3) is 4.54. The molecule has 0 saturated heterocycles. The van der Waals surface area contributed by atoms with Crippen LogP contribution in [0.2, 0.25) is 0 Å². The smallest absolute Gasteiger partial charge is 0.344 e. The van der Waals surface area contributed by atoms with Crippen LogP contribution in [0.1, 0.15) is 27.6 Å². The number of nitrogens with two attached hydrogens (primary N) is 1. The van der Waals surface area contributed by atoms with E-state index in [1.54, 1.807) is 6.92 Å². The molecule has 0 spiro atoms. The highest BCUT2D eigenvalue weighted by Crippen LogP contribution is 2.39. The number of rotatable bonds is 7. The van der Waals surface area contributed by atoms with E-state index in [0.29, 0.717) is 0 Å². The standard InChI is InChI=1S/C17H14BrFN2O8/c1-2-28-9(22)5-29-13-7(3-6(18)4-8(13)19)10-11(16(24)25)14(20)21-15(23)12(10)17(26)27/h3-4H,2,5H2,1H3,(H,24,25)(H,26,27)(H3,20,21,23). The Morgan fingerprint density at radius 2 is 1.83 bits per heavy atom. The number of H-pyrrole nitrogens is 1. The number of aromatic carboxylic acids is 2. The number of pyridine rings is 1. The molecule has 0 aliphatic carbocycles. The van der Waals surface area contributed by atoms with Gasteiger partial charge in [-0.1, -0.05) is 15.9 Å². The molecule has 1 aromatic heterocycles. The highest BCUT2D eigenvalue weighted by Gasteiger charge is 2.30. The zero-order valence-corrected chi connectivity index (χ0v) is 16.3. The molecular formula is C17H14BrFN2O8. The first-order valence-corrected chi connectivity index (χ1v) is 8.67. The van der Waals surface area contributed by atoms with Crippen LogP contribution >= 0.6 is 15.9 Å². The number of carboxylic acids is 2. The second-order valence-electron chi connectivity index (χ2n) is 5.46. The van der Waals surface area contributed by atoms with Crippen molar-refractivity contribution in [3.05, 3.63) is 43.9 Å². The summed E-state index contributed by atoms with van der Waals surface area (Å²) in [6.45, 7) is 0.832. The molecule has 0 unspecified atom stereocenters. The summed E-state index contributed by atoms with van der Waals surface area (Å²) in [6.07, 6.45) is 0. The summed E-state index contributed by atoms with van der Waals surface area (Å²) in [5.41, 5.74) is 1.51. The zero-order chi connectivity index (χ0) is 21.9. The molecule has 0 aliphatic heterocycles. The molecule has 1 aromatic carbocycles. The van der Waals surface area contributed by atoms with Gasteiger partial charge in [-0.3, -0.25) is 4.79 Å². The average Bonchev–Trinajstić information content (AvgIpc) is 2.59. The highest BCUT2D eigenvalue weighted by atomic mass is 79.9. The molecule has 5 N–H and O–H groups in total. The number of benzene rings is 1. The van der Waals surface area contributed by atoms with Crippen LogP contribution in [0.15, 0.2) is 21.4 Å². The fraction of sp³-hybridized carbons (Fsp3) is 0.176. The number of nitrogens with one attached hydrogen (secondary N) is 1. The lowest BCUT2D eigenvalue weighted by Crippen LogP contribution is -2.24. The van der Waals surface area contributed by atoms with Crippen LogP contribution in [0.5, 0.6) is 5.75 Å². The van der Waals surface area contributed by atoms with Crippen LogP contribution in [0, 0.1) is 5.82 Å². The number of aromatic amines is 1. The first kappa shape index (κ1) is 21.9. The van der Waals surface area contributed by atoms with Gasteiger partial charge in [-0.15, -0.1) is 0 Å². The van der Waals surface area contributed by atoms with E-state index >= 15 is 0 Å². The van der Waals surface area contributed by atoms with Crippen molar-refractivity contribution >= 4 is 39.7 Å². The van der Waals surface area contributed by atoms with Gasteiger partial charge in [-0.25, -0.2) is 18.8 Å². The van der Waals surface area contributed by atoms with E-state index in [-0.39, 0.29) is 11.1 Å². The molecule has 154 valence electrons. The Hall–Kier alpha value is -3.41. The van der Waals surface area contributed by atoms with E-state index in [4.69, 9.17) is 10.5 Å². The molecule has 12 heteroatoms. The number of esters is 1. The molecule has 0 atom stereocenters. The average molecular weight is 473 g/mol. The molecule has 0 aliphatic rings. The van der Waals surface area contributed by atoms with Gasteiger partial charge in [-0.2, -0.15) is 0 Å². The van der Waals surface area contributed by atoms with Gasteiger partial charge in [0.1, 0.15) is 16.9 Å². The topological polar surface area (TPSA) is 169 Å². The summed E-state index contributed by atoms with van der Waals surface area (Å²) in [4.78, 5) is 49.0. The molecule has 1 heterocycles. The Morgan fingerprint density at radius 1 is 1.21 bits per heavy atom. The highest BCUT2D eigenvalue weighted by molar-refractivity contribution is 9.10. The summed E-state index contributed by atoms with van der Waals surface area (Å²) in [5, 5.41) is 19.0. The monoisotopic (exact) mass is 472 g/mol. The third-order valence-corrected chi connectivity index (χ3v) is 4.05. The number of ether oxygens (including phenoxy) is 2. The number of hydrogen-bond acceptors (Lipinski definition) is 7. The van der Waals surface area contributed by atoms with Crippen LogP contribution in [0.3, 0.4) is 0 Å². The Balaban J connectivity index is 2.87. The van der Waals surface area contributed by atoms with E-state index in [1.165, 1.54) is 0 Å². The number of halogens is 2. The minimum Gasteiger partial charge on any atom is -0.478 e. The summed E-state index contributed by atoms with van der Waals surface area (Å²) in [6, 6.07) is 2.08. The zero-order valence-electron chi connectivity index (χ0n) is 14.7. The second-order valence-corrected chi connectivity index (χ2v) is 6.38. The third-order valence-electron chi connectivity index (χ3n) is 3.59. The van der Waals surface area contributed by atoms with Crippen LogP contribution < -0.4 is 16.0 Å².